The van der Waals surface area contributed by atoms with Crippen LogP contribution in [0.2, 0.25) is 0 Å². The van der Waals surface area contributed by atoms with E-state index in [-0.39, 0.29) is 0 Å². The molecule has 0 aliphatic carbocycles. The summed E-state index contributed by atoms with van der Waals surface area (Å²) in [5.74, 6) is 0.628. The van der Waals surface area contributed by atoms with E-state index in [1.54, 1.807) is 0 Å². The fourth-order valence-electron chi connectivity index (χ4n) is 1.38. The summed E-state index contributed by atoms with van der Waals surface area (Å²) in [6.07, 6.45) is 0. The lowest BCUT2D eigenvalue weighted by Gasteiger charge is -2.04. The summed E-state index contributed by atoms with van der Waals surface area (Å²) in [7, 11) is 0. The van der Waals surface area contributed by atoms with Gasteiger partial charge in [-0.3, -0.25) is 0 Å². The average Bonchev–Trinajstić information content (AvgIpc) is 2.74. The summed E-state index contributed by atoms with van der Waals surface area (Å²) in [5, 5.41) is 4.32. The highest BCUT2D eigenvalue weighted by Gasteiger charge is 2.09. The molecule has 2 aromatic rings. The van der Waals surface area contributed by atoms with Gasteiger partial charge in [-0.1, -0.05) is 19.9 Å². The van der Waals surface area contributed by atoms with Crippen molar-refractivity contribution < 1.29 is 0 Å². The Morgan fingerprint density at radius 2 is 1.92 bits per heavy atom. The van der Waals surface area contributed by atoms with Crippen molar-refractivity contribution in [3.63, 3.8) is 0 Å². The third kappa shape index (κ3) is 1.69. The van der Waals surface area contributed by atoms with E-state index in [2.05, 4.69) is 42.8 Å². The molecule has 2 heteroatoms. The molecule has 0 amide bonds. The largest absolute Gasteiger partial charge is 0.143 e. The van der Waals surface area contributed by atoms with Crippen LogP contribution in [0.5, 0.6) is 0 Å². The monoisotopic (exact) mass is 208 g/mol. The lowest BCUT2D eigenvalue weighted by Crippen LogP contribution is -1.84. The fourth-order valence-corrected chi connectivity index (χ4v) is 3.33. The molecule has 2 aromatic heterocycles. The van der Waals surface area contributed by atoms with Crippen LogP contribution in [0.25, 0.3) is 9.75 Å². The van der Waals surface area contributed by atoms with Gasteiger partial charge in [0.25, 0.3) is 0 Å². The third-order valence-electron chi connectivity index (χ3n) is 2.06. The van der Waals surface area contributed by atoms with E-state index in [1.165, 1.54) is 15.3 Å². The average molecular weight is 208 g/mol. The van der Waals surface area contributed by atoms with Gasteiger partial charge in [-0.05, 0) is 34.4 Å². The Morgan fingerprint density at radius 1 is 1.08 bits per heavy atom. The van der Waals surface area contributed by atoms with Crippen molar-refractivity contribution >= 4 is 22.7 Å². The lowest BCUT2D eigenvalue weighted by molar-refractivity contribution is 0.874. The maximum atomic E-state index is 2.25. The molecule has 13 heavy (non-hydrogen) atoms. The van der Waals surface area contributed by atoms with Crippen LogP contribution in [0, 0.1) is 0 Å². The van der Waals surface area contributed by atoms with E-state index in [1.807, 2.05) is 22.7 Å². The zero-order chi connectivity index (χ0) is 9.26. The van der Waals surface area contributed by atoms with Crippen LogP contribution in [-0.4, -0.2) is 0 Å². The van der Waals surface area contributed by atoms with Gasteiger partial charge in [0.2, 0.25) is 0 Å². The van der Waals surface area contributed by atoms with Gasteiger partial charge in [-0.15, -0.1) is 22.7 Å². The molecule has 0 aromatic carbocycles. The normalized spacial score (nSPS) is 11.0. The molecule has 0 aliphatic heterocycles. The molecule has 68 valence electrons. The summed E-state index contributed by atoms with van der Waals surface area (Å²) < 4.78 is 0. The van der Waals surface area contributed by atoms with Gasteiger partial charge in [0.15, 0.2) is 0 Å². The standard InChI is InChI=1S/C11H12S2/c1-8(2)9-5-7-13-11(9)10-4-3-6-12-10/h3-8H,1-2H3. The summed E-state index contributed by atoms with van der Waals surface area (Å²) in [6.45, 7) is 4.50. The van der Waals surface area contributed by atoms with Gasteiger partial charge in [-0.25, -0.2) is 0 Å². The van der Waals surface area contributed by atoms with Crippen molar-refractivity contribution in [2.24, 2.45) is 0 Å². The molecule has 0 saturated carbocycles. The molecule has 0 spiro atoms. The molecule has 0 aliphatic rings. The highest BCUT2D eigenvalue weighted by atomic mass is 32.1. The fraction of sp³-hybridized carbons (Fsp3) is 0.273. The second-order valence-corrected chi connectivity index (χ2v) is 5.20. The third-order valence-corrected chi connectivity index (χ3v) is 4.04. The predicted molar refractivity (Wildman–Crippen MR) is 61.7 cm³/mol. The van der Waals surface area contributed by atoms with E-state index >= 15 is 0 Å². The molecule has 2 heterocycles. The zero-order valence-corrected chi connectivity index (χ0v) is 9.41. The van der Waals surface area contributed by atoms with Crippen molar-refractivity contribution in [3.8, 4) is 9.75 Å². The molecular weight excluding hydrogens is 196 g/mol. The summed E-state index contributed by atoms with van der Waals surface area (Å²) in [5.41, 5.74) is 1.48. The first kappa shape index (κ1) is 8.97. The van der Waals surface area contributed by atoms with Gasteiger partial charge < -0.3 is 0 Å². The summed E-state index contributed by atoms with van der Waals surface area (Å²) in [6, 6.07) is 6.55. The van der Waals surface area contributed by atoms with Gasteiger partial charge in [0.1, 0.15) is 0 Å². The Labute approximate surface area is 86.9 Å². The number of hydrogen-bond donors (Lipinski definition) is 0. The maximum absolute atomic E-state index is 2.25. The van der Waals surface area contributed by atoms with Crippen LogP contribution in [-0.2, 0) is 0 Å². The van der Waals surface area contributed by atoms with E-state index < -0.39 is 0 Å². The Balaban J connectivity index is 2.46. The molecule has 0 saturated heterocycles. The van der Waals surface area contributed by atoms with Crippen molar-refractivity contribution in [1.29, 1.82) is 0 Å². The SMILES string of the molecule is CC(C)c1ccsc1-c1cccs1. The minimum absolute atomic E-state index is 0.628. The second kappa shape index (κ2) is 3.64. The molecule has 0 N–H and O–H groups in total. The van der Waals surface area contributed by atoms with Crippen molar-refractivity contribution in [1.82, 2.24) is 0 Å². The highest BCUT2D eigenvalue weighted by Crippen LogP contribution is 2.36. The Kier molecular flexibility index (Phi) is 2.51. The van der Waals surface area contributed by atoms with E-state index in [4.69, 9.17) is 0 Å². The van der Waals surface area contributed by atoms with Crippen LogP contribution in [0.3, 0.4) is 0 Å². The minimum atomic E-state index is 0.628. The van der Waals surface area contributed by atoms with Crippen molar-refractivity contribution in [3.05, 3.63) is 34.5 Å². The molecule has 0 nitrogen and oxygen atoms in total. The van der Waals surface area contributed by atoms with Crippen LogP contribution >= 0.6 is 22.7 Å². The van der Waals surface area contributed by atoms with Crippen LogP contribution in [0.1, 0.15) is 25.3 Å². The first-order chi connectivity index (χ1) is 6.29. The maximum Gasteiger partial charge on any atom is 0.0477 e. The van der Waals surface area contributed by atoms with Crippen LogP contribution < -0.4 is 0 Å². The lowest BCUT2D eigenvalue weighted by atomic mass is 10.0. The molecule has 0 fully saturated rings. The molecule has 2 rings (SSSR count). The van der Waals surface area contributed by atoms with Gasteiger partial charge in [0.05, 0.1) is 0 Å². The molecule has 0 bridgehead atoms. The smallest absolute Gasteiger partial charge is 0.0477 e. The first-order valence-electron chi connectivity index (χ1n) is 4.40. The van der Waals surface area contributed by atoms with Crippen molar-refractivity contribution in [2.75, 3.05) is 0 Å². The molecular formula is C11H12S2. The van der Waals surface area contributed by atoms with Crippen LogP contribution in [0.15, 0.2) is 29.0 Å². The second-order valence-electron chi connectivity index (χ2n) is 3.34. The number of hydrogen-bond acceptors (Lipinski definition) is 2. The predicted octanol–water partition coefficient (Wildman–Crippen LogP) is 4.60. The summed E-state index contributed by atoms with van der Waals surface area (Å²) in [4.78, 5) is 2.85. The molecule has 0 unspecified atom stereocenters. The Hall–Kier alpha value is -0.600. The molecule has 0 atom stereocenters. The number of rotatable bonds is 2. The van der Waals surface area contributed by atoms with Gasteiger partial charge in [-0.2, -0.15) is 0 Å². The van der Waals surface area contributed by atoms with Gasteiger partial charge in [0, 0.05) is 9.75 Å². The topological polar surface area (TPSA) is 0 Å². The summed E-state index contributed by atoms with van der Waals surface area (Å²) >= 11 is 3.67. The Bertz CT molecular complexity index is 368. The van der Waals surface area contributed by atoms with Crippen molar-refractivity contribution in [2.45, 2.75) is 19.8 Å². The Morgan fingerprint density at radius 3 is 2.54 bits per heavy atom. The molecule has 0 radical (unpaired) electrons. The quantitative estimate of drug-likeness (QED) is 0.676. The number of thiophene rings is 2. The van der Waals surface area contributed by atoms with E-state index in [0.717, 1.165) is 0 Å². The van der Waals surface area contributed by atoms with E-state index in [0.29, 0.717) is 5.92 Å². The van der Waals surface area contributed by atoms with Crippen LogP contribution in [0.4, 0.5) is 0 Å². The zero-order valence-electron chi connectivity index (χ0n) is 7.78. The first-order valence-corrected chi connectivity index (χ1v) is 6.16. The van der Waals surface area contributed by atoms with E-state index in [9.17, 15) is 0 Å². The van der Waals surface area contributed by atoms with Gasteiger partial charge >= 0.3 is 0 Å². The minimum Gasteiger partial charge on any atom is -0.143 e. The highest BCUT2D eigenvalue weighted by molar-refractivity contribution is 7.20.